The van der Waals surface area contributed by atoms with Gasteiger partial charge in [-0.1, -0.05) is 18.2 Å². The Labute approximate surface area is 146 Å². The first-order chi connectivity index (χ1) is 12.0. The maximum Gasteiger partial charge on any atom is 0.222 e. The van der Waals surface area contributed by atoms with Gasteiger partial charge in [0.25, 0.3) is 0 Å². The van der Waals surface area contributed by atoms with Crippen molar-refractivity contribution in [2.24, 2.45) is 0 Å². The Morgan fingerprint density at radius 2 is 2.00 bits per heavy atom. The number of benzene rings is 2. The number of hydrogen-bond acceptors (Lipinski definition) is 3. The Morgan fingerprint density at radius 3 is 2.64 bits per heavy atom. The predicted molar refractivity (Wildman–Crippen MR) is 91.1 cm³/mol. The number of fused-ring (bicyclic) bond motifs is 1. The summed E-state index contributed by atoms with van der Waals surface area (Å²) in [5, 5.41) is 9.10. The monoisotopic (exact) mass is 338 g/mol. The van der Waals surface area contributed by atoms with Crippen LogP contribution in [0.3, 0.4) is 0 Å². The number of rotatable bonds is 4. The van der Waals surface area contributed by atoms with Crippen LogP contribution in [-0.2, 0) is 21.7 Å². The lowest BCUT2D eigenvalue weighted by atomic mass is 9.81. The minimum atomic E-state index is -0.803. The summed E-state index contributed by atoms with van der Waals surface area (Å²) >= 11 is 0. The third-order valence-electron chi connectivity index (χ3n) is 4.64. The number of amides is 1. The second-order valence-electron chi connectivity index (χ2n) is 6.39. The first-order valence-electron chi connectivity index (χ1n) is 8.10. The van der Waals surface area contributed by atoms with Crippen LogP contribution in [0.5, 0.6) is 0 Å². The summed E-state index contributed by atoms with van der Waals surface area (Å²) in [6.07, 6.45) is 0.762. The molecule has 3 rings (SSSR count). The topological polar surface area (TPSA) is 53.3 Å². The van der Waals surface area contributed by atoms with E-state index < -0.39 is 5.60 Å². The molecule has 1 unspecified atom stereocenters. The number of carbonyl (C=O) groups excluding carboxylic acids is 1. The molecule has 0 saturated carbocycles. The SMILES string of the molecule is CN(C)C(=O)CCC1(c2ccc(F)cc2)OCc2cc(C#N)ccc21. The lowest BCUT2D eigenvalue weighted by Crippen LogP contribution is -2.30. The van der Waals surface area contributed by atoms with Crippen molar-refractivity contribution in [2.45, 2.75) is 25.0 Å². The third-order valence-corrected chi connectivity index (χ3v) is 4.64. The normalized spacial score (nSPS) is 18.5. The van der Waals surface area contributed by atoms with Gasteiger partial charge >= 0.3 is 0 Å². The summed E-state index contributed by atoms with van der Waals surface area (Å²) in [7, 11) is 3.44. The van der Waals surface area contributed by atoms with Gasteiger partial charge in [-0.25, -0.2) is 4.39 Å². The second kappa shape index (κ2) is 6.66. The van der Waals surface area contributed by atoms with E-state index in [4.69, 9.17) is 10.00 Å². The molecule has 1 atom stereocenters. The van der Waals surface area contributed by atoms with E-state index in [-0.39, 0.29) is 11.7 Å². The molecule has 4 nitrogen and oxygen atoms in total. The minimum absolute atomic E-state index is 0.00665. The van der Waals surface area contributed by atoms with E-state index in [0.717, 1.165) is 16.7 Å². The highest BCUT2D eigenvalue weighted by atomic mass is 19.1. The summed E-state index contributed by atoms with van der Waals surface area (Å²) in [4.78, 5) is 13.7. The quantitative estimate of drug-likeness (QED) is 0.859. The number of hydrogen-bond donors (Lipinski definition) is 0. The summed E-state index contributed by atoms with van der Waals surface area (Å²) in [6, 6.07) is 13.8. The third kappa shape index (κ3) is 3.13. The van der Waals surface area contributed by atoms with Crippen LogP contribution in [0.15, 0.2) is 42.5 Å². The molecule has 1 amide bonds. The van der Waals surface area contributed by atoms with E-state index in [1.807, 2.05) is 12.1 Å². The molecular weight excluding hydrogens is 319 g/mol. The molecule has 0 spiro atoms. The molecule has 0 bridgehead atoms. The van der Waals surface area contributed by atoms with Crippen molar-refractivity contribution in [1.29, 1.82) is 5.26 Å². The van der Waals surface area contributed by atoms with Gasteiger partial charge in [-0.3, -0.25) is 4.79 Å². The van der Waals surface area contributed by atoms with E-state index in [1.165, 1.54) is 12.1 Å². The lowest BCUT2D eigenvalue weighted by molar-refractivity contribution is -0.130. The molecule has 128 valence electrons. The van der Waals surface area contributed by atoms with Gasteiger partial charge in [-0.15, -0.1) is 0 Å². The molecule has 5 heteroatoms. The van der Waals surface area contributed by atoms with E-state index >= 15 is 0 Å². The zero-order valence-corrected chi connectivity index (χ0v) is 14.3. The molecule has 0 fully saturated rings. The van der Waals surface area contributed by atoms with Crippen LogP contribution in [0, 0.1) is 17.1 Å². The fraction of sp³-hybridized carbons (Fsp3) is 0.300. The summed E-state index contributed by atoms with van der Waals surface area (Å²) in [5.74, 6) is -0.312. The van der Waals surface area contributed by atoms with Crippen LogP contribution in [0.4, 0.5) is 4.39 Å². The maximum atomic E-state index is 13.4. The molecule has 2 aromatic rings. The molecule has 0 saturated heterocycles. The van der Waals surface area contributed by atoms with Crippen molar-refractivity contribution >= 4 is 5.91 Å². The van der Waals surface area contributed by atoms with E-state index in [2.05, 4.69) is 6.07 Å². The van der Waals surface area contributed by atoms with Gasteiger partial charge in [0, 0.05) is 20.5 Å². The molecule has 2 aromatic carbocycles. The van der Waals surface area contributed by atoms with Gasteiger partial charge in [0.15, 0.2) is 0 Å². The fourth-order valence-corrected chi connectivity index (χ4v) is 3.27. The Hall–Kier alpha value is -2.71. The van der Waals surface area contributed by atoms with Gasteiger partial charge in [0.2, 0.25) is 5.91 Å². The molecule has 0 radical (unpaired) electrons. The van der Waals surface area contributed by atoms with Crippen LogP contribution in [0.2, 0.25) is 0 Å². The molecule has 0 aliphatic carbocycles. The van der Waals surface area contributed by atoms with Crippen LogP contribution >= 0.6 is 0 Å². The average molecular weight is 338 g/mol. The molecule has 0 N–H and O–H groups in total. The number of halogens is 1. The highest BCUT2D eigenvalue weighted by molar-refractivity contribution is 5.75. The van der Waals surface area contributed by atoms with Gasteiger partial charge in [0.05, 0.1) is 18.2 Å². The van der Waals surface area contributed by atoms with E-state index in [1.54, 1.807) is 37.2 Å². The van der Waals surface area contributed by atoms with E-state index in [9.17, 15) is 9.18 Å². The summed E-state index contributed by atoms with van der Waals surface area (Å²) < 4.78 is 19.5. The fourth-order valence-electron chi connectivity index (χ4n) is 3.27. The zero-order chi connectivity index (χ0) is 18.0. The van der Waals surface area contributed by atoms with Gasteiger partial charge in [-0.05, 0) is 47.4 Å². The zero-order valence-electron chi connectivity index (χ0n) is 14.3. The van der Waals surface area contributed by atoms with Gasteiger partial charge in [-0.2, -0.15) is 5.26 Å². The van der Waals surface area contributed by atoms with Crippen LogP contribution in [0.1, 0.15) is 35.1 Å². The number of carbonyl (C=O) groups is 1. The van der Waals surface area contributed by atoms with Crippen molar-refractivity contribution in [3.63, 3.8) is 0 Å². The minimum Gasteiger partial charge on any atom is -0.361 e. The Balaban J connectivity index is 2.05. The van der Waals surface area contributed by atoms with Crippen molar-refractivity contribution in [3.8, 4) is 6.07 Å². The maximum absolute atomic E-state index is 13.4. The second-order valence-corrected chi connectivity index (χ2v) is 6.39. The van der Waals surface area contributed by atoms with Crippen LogP contribution < -0.4 is 0 Å². The smallest absolute Gasteiger partial charge is 0.222 e. The molecular formula is C20H19FN2O2. The van der Waals surface area contributed by atoms with Crippen LogP contribution in [-0.4, -0.2) is 24.9 Å². The molecule has 1 heterocycles. The first-order valence-corrected chi connectivity index (χ1v) is 8.10. The highest BCUT2D eigenvalue weighted by Gasteiger charge is 2.42. The Kier molecular flexibility index (Phi) is 4.56. The van der Waals surface area contributed by atoms with Crippen molar-refractivity contribution in [3.05, 3.63) is 70.5 Å². The van der Waals surface area contributed by atoms with Gasteiger partial charge in [0.1, 0.15) is 11.4 Å². The molecule has 0 aromatic heterocycles. The standard InChI is InChI=1S/C20H19FN2O2/c1-23(2)19(24)9-10-20(16-4-6-17(21)7-5-16)18-8-3-14(12-22)11-15(18)13-25-20/h3-8,11H,9-10,13H2,1-2H3. The summed E-state index contributed by atoms with van der Waals surface area (Å²) in [5.41, 5.74) is 2.44. The number of nitrogens with zero attached hydrogens (tertiary/aromatic N) is 2. The van der Waals surface area contributed by atoms with Crippen LogP contribution in [0.25, 0.3) is 0 Å². The Morgan fingerprint density at radius 1 is 1.28 bits per heavy atom. The van der Waals surface area contributed by atoms with E-state index in [0.29, 0.717) is 25.0 Å². The highest BCUT2D eigenvalue weighted by Crippen LogP contribution is 2.45. The largest absolute Gasteiger partial charge is 0.361 e. The van der Waals surface area contributed by atoms with Gasteiger partial charge < -0.3 is 9.64 Å². The Bertz CT molecular complexity index is 840. The average Bonchev–Trinajstić information content (AvgIpc) is 2.99. The van der Waals surface area contributed by atoms with Crippen molar-refractivity contribution in [2.75, 3.05) is 14.1 Å². The van der Waals surface area contributed by atoms with Crippen molar-refractivity contribution < 1.29 is 13.9 Å². The molecule has 1 aliphatic heterocycles. The first kappa shape index (κ1) is 17.1. The summed E-state index contributed by atoms with van der Waals surface area (Å²) in [6.45, 7) is 0.360. The lowest BCUT2D eigenvalue weighted by Gasteiger charge is -2.31. The number of ether oxygens (including phenoxy) is 1. The number of nitriles is 1. The predicted octanol–water partition coefficient (Wildman–Crippen LogP) is 3.34. The molecule has 1 aliphatic rings. The van der Waals surface area contributed by atoms with Crippen molar-refractivity contribution in [1.82, 2.24) is 4.90 Å². The molecule has 25 heavy (non-hydrogen) atoms.